The van der Waals surface area contributed by atoms with Crippen molar-refractivity contribution in [2.24, 2.45) is 0 Å². The van der Waals surface area contributed by atoms with Crippen LogP contribution in [0.4, 0.5) is 5.69 Å². The standard InChI is InChI=1S/C19H22N2O4/c1-3-20-19(23)14-8-7-9-15(12-14)21-18(22)13-25-17-11-6-5-10-16(17)24-4-2/h5-12H,3-4,13H2,1-2H3,(H,20,23)(H,21,22). The molecule has 2 rings (SSSR count). The van der Waals surface area contributed by atoms with Crippen LogP contribution in [0.15, 0.2) is 48.5 Å². The van der Waals surface area contributed by atoms with Gasteiger partial charge in [0.1, 0.15) is 0 Å². The first-order chi connectivity index (χ1) is 12.1. The summed E-state index contributed by atoms with van der Waals surface area (Å²) in [6.07, 6.45) is 0. The predicted octanol–water partition coefficient (Wildman–Crippen LogP) is 2.85. The van der Waals surface area contributed by atoms with E-state index in [9.17, 15) is 9.59 Å². The van der Waals surface area contributed by atoms with E-state index in [2.05, 4.69) is 10.6 Å². The molecule has 0 fully saturated rings. The lowest BCUT2D eigenvalue weighted by Crippen LogP contribution is -2.23. The third-order valence-electron chi connectivity index (χ3n) is 3.25. The van der Waals surface area contributed by atoms with Gasteiger partial charge in [-0.25, -0.2) is 0 Å². The first-order valence-electron chi connectivity index (χ1n) is 8.16. The maximum atomic E-state index is 12.1. The van der Waals surface area contributed by atoms with E-state index >= 15 is 0 Å². The minimum Gasteiger partial charge on any atom is -0.490 e. The van der Waals surface area contributed by atoms with Crippen LogP contribution in [-0.4, -0.2) is 31.6 Å². The van der Waals surface area contributed by atoms with Crippen LogP contribution in [0.2, 0.25) is 0 Å². The molecule has 25 heavy (non-hydrogen) atoms. The van der Waals surface area contributed by atoms with Gasteiger partial charge in [-0.3, -0.25) is 9.59 Å². The maximum absolute atomic E-state index is 12.1. The highest BCUT2D eigenvalue weighted by atomic mass is 16.5. The van der Waals surface area contributed by atoms with Gasteiger partial charge in [0.2, 0.25) is 0 Å². The lowest BCUT2D eigenvalue weighted by atomic mass is 10.2. The van der Waals surface area contributed by atoms with Gasteiger partial charge in [-0.2, -0.15) is 0 Å². The monoisotopic (exact) mass is 342 g/mol. The minimum absolute atomic E-state index is 0.157. The summed E-state index contributed by atoms with van der Waals surface area (Å²) < 4.78 is 11.0. The Labute approximate surface area is 147 Å². The van der Waals surface area contributed by atoms with Crippen LogP contribution in [0, 0.1) is 0 Å². The Kier molecular flexibility index (Phi) is 6.83. The molecular formula is C19H22N2O4. The molecule has 6 heteroatoms. The van der Waals surface area contributed by atoms with E-state index in [0.717, 1.165) is 0 Å². The highest BCUT2D eigenvalue weighted by Gasteiger charge is 2.09. The van der Waals surface area contributed by atoms with Crippen LogP contribution < -0.4 is 20.1 Å². The highest BCUT2D eigenvalue weighted by Crippen LogP contribution is 2.26. The van der Waals surface area contributed by atoms with E-state index in [4.69, 9.17) is 9.47 Å². The normalized spacial score (nSPS) is 10.0. The quantitative estimate of drug-likeness (QED) is 0.773. The number of nitrogens with one attached hydrogen (secondary N) is 2. The van der Waals surface area contributed by atoms with Crippen molar-refractivity contribution in [1.82, 2.24) is 5.32 Å². The summed E-state index contributed by atoms with van der Waals surface area (Å²) in [6, 6.07) is 13.9. The van der Waals surface area contributed by atoms with Crippen LogP contribution in [0.1, 0.15) is 24.2 Å². The molecule has 0 radical (unpaired) electrons. The summed E-state index contributed by atoms with van der Waals surface area (Å²) in [6.45, 7) is 4.63. The van der Waals surface area contributed by atoms with Crippen molar-refractivity contribution < 1.29 is 19.1 Å². The maximum Gasteiger partial charge on any atom is 0.262 e. The summed E-state index contributed by atoms with van der Waals surface area (Å²) in [5.41, 5.74) is 1.03. The SMILES string of the molecule is CCNC(=O)c1cccc(NC(=O)COc2ccccc2OCC)c1. The van der Waals surface area contributed by atoms with E-state index in [-0.39, 0.29) is 18.4 Å². The number of amides is 2. The number of hydrogen-bond acceptors (Lipinski definition) is 4. The molecular weight excluding hydrogens is 320 g/mol. The summed E-state index contributed by atoms with van der Waals surface area (Å²) >= 11 is 0. The number of hydrogen-bond donors (Lipinski definition) is 2. The smallest absolute Gasteiger partial charge is 0.262 e. The molecule has 0 saturated carbocycles. The number of carbonyl (C=O) groups excluding carboxylic acids is 2. The van der Waals surface area contributed by atoms with Gasteiger partial charge in [0, 0.05) is 17.8 Å². The van der Waals surface area contributed by atoms with Gasteiger partial charge >= 0.3 is 0 Å². The van der Waals surface area contributed by atoms with Gasteiger partial charge in [0.15, 0.2) is 18.1 Å². The second kappa shape index (κ2) is 9.32. The van der Waals surface area contributed by atoms with Gasteiger partial charge in [-0.1, -0.05) is 18.2 Å². The van der Waals surface area contributed by atoms with Crippen LogP contribution in [0.5, 0.6) is 11.5 Å². The third kappa shape index (κ3) is 5.53. The van der Waals surface area contributed by atoms with E-state index in [1.54, 1.807) is 36.4 Å². The third-order valence-corrected chi connectivity index (χ3v) is 3.25. The van der Waals surface area contributed by atoms with Crippen molar-refractivity contribution in [2.75, 3.05) is 25.1 Å². The van der Waals surface area contributed by atoms with Crippen molar-refractivity contribution in [3.05, 3.63) is 54.1 Å². The van der Waals surface area contributed by atoms with E-state index < -0.39 is 0 Å². The van der Waals surface area contributed by atoms with Crippen LogP contribution >= 0.6 is 0 Å². The van der Waals surface area contributed by atoms with Gasteiger partial charge in [-0.05, 0) is 44.2 Å². The molecule has 0 bridgehead atoms. The summed E-state index contributed by atoms with van der Waals surface area (Å²) in [7, 11) is 0. The van der Waals surface area contributed by atoms with E-state index in [1.165, 1.54) is 0 Å². The number of benzene rings is 2. The average Bonchev–Trinajstić information content (AvgIpc) is 2.62. The summed E-state index contributed by atoms with van der Waals surface area (Å²) in [4.78, 5) is 23.9. The Hall–Kier alpha value is -3.02. The number of anilines is 1. The zero-order chi connectivity index (χ0) is 18.1. The minimum atomic E-state index is -0.320. The van der Waals surface area contributed by atoms with Gasteiger partial charge in [0.25, 0.3) is 11.8 Å². The van der Waals surface area contributed by atoms with Crippen LogP contribution in [0.25, 0.3) is 0 Å². The van der Waals surface area contributed by atoms with Crippen molar-refractivity contribution in [3.63, 3.8) is 0 Å². The molecule has 2 N–H and O–H groups in total. The molecule has 0 aliphatic rings. The Morgan fingerprint density at radius 3 is 2.36 bits per heavy atom. The molecule has 0 heterocycles. The van der Waals surface area contributed by atoms with Crippen LogP contribution in [-0.2, 0) is 4.79 Å². The molecule has 6 nitrogen and oxygen atoms in total. The molecule has 2 amide bonds. The highest BCUT2D eigenvalue weighted by molar-refractivity contribution is 5.97. The first-order valence-corrected chi connectivity index (χ1v) is 8.16. The van der Waals surface area contributed by atoms with Crippen molar-refractivity contribution in [1.29, 1.82) is 0 Å². The Morgan fingerprint density at radius 2 is 1.68 bits per heavy atom. The molecule has 0 spiro atoms. The zero-order valence-corrected chi connectivity index (χ0v) is 14.4. The molecule has 132 valence electrons. The number of carbonyl (C=O) groups is 2. The predicted molar refractivity (Wildman–Crippen MR) is 96.2 cm³/mol. The van der Waals surface area contributed by atoms with Gasteiger partial charge in [-0.15, -0.1) is 0 Å². The molecule has 2 aromatic carbocycles. The van der Waals surface area contributed by atoms with E-state index in [0.29, 0.717) is 35.9 Å². The molecule has 0 saturated heterocycles. The molecule has 0 aliphatic heterocycles. The lowest BCUT2D eigenvalue weighted by molar-refractivity contribution is -0.118. The number of rotatable bonds is 8. The van der Waals surface area contributed by atoms with Gasteiger partial charge in [0.05, 0.1) is 6.61 Å². The molecule has 0 aromatic heterocycles. The van der Waals surface area contributed by atoms with Crippen molar-refractivity contribution in [3.8, 4) is 11.5 Å². The van der Waals surface area contributed by atoms with Crippen LogP contribution in [0.3, 0.4) is 0 Å². The zero-order valence-electron chi connectivity index (χ0n) is 14.4. The second-order valence-corrected chi connectivity index (χ2v) is 5.16. The topological polar surface area (TPSA) is 76.7 Å². The van der Waals surface area contributed by atoms with Crippen molar-refractivity contribution >= 4 is 17.5 Å². The Bertz CT molecular complexity index is 731. The summed E-state index contributed by atoms with van der Waals surface area (Å²) in [5.74, 6) is 0.603. The fraction of sp³-hybridized carbons (Fsp3) is 0.263. The molecule has 0 aliphatic carbocycles. The Balaban J connectivity index is 1.95. The fourth-order valence-electron chi connectivity index (χ4n) is 2.19. The second-order valence-electron chi connectivity index (χ2n) is 5.16. The largest absolute Gasteiger partial charge is 0.490 e. The van der Waals surface area contributed by atoms with Gasteiger partial charge < -0.3 is 20.1 Å². The average molecular weight is 342 g/mol. The van der Waals surface area contributed by atoms with Crippen molar-refractivity contribution in [2.45, 2.75) is 13.8 Å². The molecule has 2 aromatic rings. The fourth-order valence-corrected chi connectivity index (χ4v) is 2.19. The number of ether oxygens (including phenoxy) is 2. The number of para-hydroxylation sites is 2. The molecule has 0 atom stereocenters. The summed E-state index contributed by atoms with van der Waals surface area (Å²) in [5, 5.41) is 5.43. The lowest BCUT2D eigenvalue weighted by Gasteiger charge is -2.12. The van der Waals surface area contributed by atoms with E-state index in [1.807, 2.05) is 26.0 Å². The molecule has 0 unspecified atom stereocenters. The first kappa shape index (κ1) is 18.3. The Morgan fingerprint density at radius 1 is 0.960 bits per heavy atom.